The molecule has 1 aliphatic heterocycles. The molecule has 1 amide bonds. The first-order valence-corrected chi connectivity index (χ1v) is 10.4. The molecule has 0 saturated carbocycles. The number of fused-ring (bicyclic) bond motifs is 1. The molecule has 30 heavy (non-hydrogen) atoms. The Hall–Kier alpha value is -3.52. The van der Waals surface area contributed by atoms with Gasteiger partial charge in [-0.05, 0) is 48.6 Å². The van der Waals surface area contributed by atoms with Gasteiger partial charge in [0.15, 0.2) is 0 Å². The van der Waals surface area contributed by atoms with E-state index < -0.39 is 0 Å². The number of nitrogens with zero attached hydrogens (tertiary/aromatic N) is 3. The van der Waals surface area contributed by atoms with E-state index in [-0.39, 0.29) is 11.7 Å². The highest BCUT2D eigenvalue weighted by Crippen LogP contribution is 2.29. The molecule has 0 radical (unpaired) electrons. The fourth-order valence-corrected chi connectivity index (χ4v) is 4.21. The van der Waals surface area contributed by atoms with Crippen LogP contribution in [0.3, 0.4) is 0 Å². The van der Waals surface area contributed by atoms with Crippen molar-refractivity contribution >= 4 is 22.9 Å². The van der Waals surface area contributed by atoms with Crippen LogP contribution in [0.15, 0.2) is 60.8 Å². The zero-order chi connectivity index (χ0) is 20.9. The smallest absolute Gasteiger partial charge is 0.246 e. The summed E-state index contributed by atoms with van der Waals surface area (Å²) in [6, 6.07) is 17.6. The van der Waals surface area contributed by atoms with Gasteiger partial charge in [0.25, 0.3) is 0 Å². The van der Waals surface area contributed by atoms with Gasteiger partial charge >= 0.3 is 0 Å². The molecule has 4 rings (SSSR count). The Labute approximate surface area is 176 Å². The third-order valence-corrected chi connectivity index (χ3v) is 5.86. The van der Waals surface area contributed by atoms with Crippen molar-refractivity contribution in [2.24, 2.45) is 0 Å². The topological polar surface area (TPSA) is 69.3 Å². The molecule has 1 N–H and O–H groups in total. The Bertz CT molecular complexity index is 1100. The number of hydrogen-bond acceptors (Lipinski definition) is 3. The molecular formula is C25H25N3O2. The highest BCUT2D eigenvalue weighted by Gasteiger charge is 2.22. The summed E-state index contributed by atoms with van der Waals surface area (Å²) in [6.45, 7) is 2.11. The molecule has 0 atom stereocenters. The van der Waals surface area contributed by atoms with Gasteiger partial charge in [0.1, 0.15) is 5.75 Å². The van der Waals surface area contributed by atoms with Crippen LogP contribution in [0, 0.1) is 11.3 Å². The predicted octanol–water partition coefficient (Wildman–Crippen LogP) is 4.68. The Balaban J connectivity index is 1.42. The Morgan fingerprint density at radius 3 is 2.60 bits per heavy atom. The highest BCUT2D eigenvalue weighted by atomic mass is 16.3. The number of para-hydroxylation sites is 1. The van der Waals surface area contributed by atoms with Crippen LogP contribution in [0.4, 0.5) is 0 Å². The quantitative estimate of drug-likeness (QED) is 0.633. The van der Waals surface area contributed by atoms with Gasteiger partial charge < -0.3 is 14.6 Å². The monoisotopic (exact) mass is 399 g/mol. The van der Waals surface area contributed by atoms with Crippen LogP contribution in [0.1, 0.15) is 36.3 Å². The molecule has 152 valence electrons. The summed E-state index contributed by atoms with van der Waals surface area (Å²) >= 11 is 0. The van der Waals surface area contributed by atoms with Crippen molar-refractivity contribution in [2.75, 3.05) is 13.1 Å². The second-order valence-corrected chi connectivity index (χ2v) is 7.73. The number of phenols is 1. The molecule has 1 fully saturated rings. The molecule has 1 aromatic heterocycles. The van der Waals surface area contributed by atoms with Crippen molar-refractivity contribution in [3.8, 4) is 11.8 Å². The van der Waals surface area contributed by atoms with Crippen molar-refractivity contribution in [2.45, 2.75) is 31.7 Å². The Kier molecular flexibility index (Phi) is 5.85. The van der Waals surface area contributed by atoms with Crippen molar-refractivity contribution in [3.63, 3.8) is 0 Å². The summed E-state index contributed by atoms with van der Waals surface area (Å²) in [5.74, 6) is 0.746. The molecule has 0 spiro atoms. The number of nitriles is 1. The minimum absolute atomic E-state index is 0.0352. The van der Waals surface area contributed by atoms with E-state index in [4.69, 9.17) is 5.26 Å². The Morgan fingerprint density at radius 2 is 1.87 bits per heavy atom. The van der Waals surface area contributed by atoms with Crippen LogP contribution in [0.2, 0.25) is 0 Å². The van der Waals surface area contributed by atoms with Crippen molar-refractivity contribution in [3.05, 3.63) is 71.9 Å². The molecule has 2 aromatic carbocycles. The van der Waals surface area contributed by atoms with Gasteiger partial charge in [0.05, 0.1) is 12.5 Å². The lowest BCUT2D eigenvalue weighted by atomic mass is 9.89. The standard InChI is InChI=1S/C25H25N3O2/c26-14-3-15-28-18-21(23-4-1-2-5-24(23)28)8-11-25(30)27-16-12-20(13-17-27)19-6-9-22(29)10-7-19/h1-2,4-11,18,20,29H,3,12-13,15-17H2/b11-8+. The van der Waals surface area contributed by atoms with Gasteiger partial charge in [0.2, 0.25) is 5.91 Å². The first-order valence-electron chi connectivity index (χ1n) is 10.4. The summed E-state index contributed by atoms with van der Waals surface area (Å²) in [5, 5.41) is 19.4. The fourth-order valence-electron chi connectivity index (χ4n) is 4.21. The first-order chi connectivity index (χ1) is 14.7. The zero-order valence-corrected chi connectivity index (χ0v) is 16.9. The maximum absolute atomic E-state index is 12.7. The molecule has 0 aliphatic carbocycles. The maximum atomic E-state index is 12.7. The van der Waals surface area contributed by atoms with E-state index in [1.807, 2.05) is 53.6 Å². The van der Waals surface area contributed by atoms with E-state index in [2.05, 4.69) is 10.6 Å². The largest absolute Gasteiger partial charge is 0.508 e. The number of aromatic hydroxyl groups is 1. The summed E-state index contributed by atoms with van der Waals surface area (Å²) in [6.07, 6.45) is 7.88. The molecule has 2 heterocycles. The number of amides is 1. The number of piperidine rings is 1. The second kappa shape index (κ2) is 8.87. The number of carbonyl (C=O) groups is 1. The average Bonchev–Trinajstić information content (AvgIpc) is 3.14. The Morgan fingerprint density at radius 1 is 1.13 bits per heavy atom. The van der Waals surface area contributed by atoms with E-state index in [0.29, 0.717) is 18.9 Å². The molecule has 3 aromatic rings. The van der Waals surface area contributed by atoms with E-state index >= 15 is 0 Å². The third kappa shape index (κ3) is 4.23. The lowest BCUT2D eigenvalue weighted by Gasteiger charge is -2.31. The third-order valence-electron chi connectivity index (χ3n) is 5.86. The zero-order valence-electron chi connectivity index (χ0n) is 16.9. The first kappa shape index (κ1) is 19.8. The lowest BCUT2D eigenvalue weighted by Crippen LogP contribution is -2.36. The number of aryl methyl sites for hydroxylation is 1. The van der Waals surface area contributed by atoms with Crippen LogP contribution in [0.25, 0.3) is 17.0 Å². The van der Waals surface area contributed by atoms with Gasteiger partial charge in [-0.15, -0.1) is 0 Å². The molecule has 0 unspecified atom stereocenters. The number of hydrogen-bond donors (Lipinski definition) is 1. The fraction of sp³-hybridized carbons (Fsp3) is 0.280. The van der Waals surface area contributed by atoms with Gasteiger partial charge in [-0.25, -0.2) is 0 Å². The number of aromatic nitrogens is 1. The minimum atomic E-state index is 0.0352. The molecule has 0 bridgehead atoms. The summed E-state index contributed by atoms with van der Waals surface area (Å²) in [5.41, 5.74) is 3.30. The number of benzene rings is 2. The van der Waals surface area contributed by atoms with Crippen LogP contribution >= 0.6 is 0 Å². The molecule has 5 heteroatoms. The van der Waals surface area contributed by atoms with E-state index in [1.54, 1.807) is 18.2 Å². The molecular weight excluding hydrogens is 374 g/mol. The molecule has 1 saturated heterocycles. The van der Waals surface area contributed by atoms with Crippen LogP contribution < -0.4 is 0 Å². The van der Waals surface area contributed by atoms with E-state index in [9.17, 15) is 9.90 Å². The average molecular weight is 399 g/mol. The van der Waals surface area contributed by atoms with Gasteiger partial charge in [-0.3, -0.25) is 4.79 Å². The molecule has 1 aliphatic rings. The second-order valence-electron chi connectivity index (χ2n) is 7.73. The predicted molar refractivity (Wildman–Crippen MR) is 118 cm³/mol. The highest BCUT2D eigenvalue weighted by molar-refractivity contribution is 5.96. The number of carbonyl (C=O) groups excluding carboxylic acids is 1. The van der Waals surface area contributed by atoms with E-state index in [1.165, 1.54) is 5.56 Å². The number of phenolic OH excluding ortho intramolecular Hbond substituents is 1. The lowest BCUT2D eigenvalue weighted by molar-refractivity contribution is -0.126. The van der Waals surface area contributed by atoms with Gasteiger partial charge in [-0.1, -0.05) is 30.3 Å². The van der Waals surface area contributed by atoms with Crippen molar-refractivity contribution in [1.29, 1.82) is 5.26 Å². The normalized spacial score (nSPS) is 15.0. The minimum Gasteiger partial charge on any atom is -0.508 e. The number of rotatable bonds is 5. The van der Waals surface area contributed by atoms with Crippen LogP contribution in [-0.4, -0.2) is 33.6 Å². The molecule has 5 nitrogen and oxygen atoms in total. The maximum Gasteiger partial charge on any atom is 0.246 e. The summed E-state index contributed by atoms with van der Waals surface area (Å²) in [7, 11) is 0. The van der Waals surface area contributed by atoms with Crippen molar-refractivity contribution in [1.82, 2.24) is 9.47 Å². The summed E-state index contributed by atoms with van der Waals surface area (Å²) < 4.78 is 2.08. The van der Waals surface area contributed by atoms with Crippen LogP contribution in [0.5, 0.6) is 5.75 Å². The van der Waals surface area contributed by atoms with E-state index in [0.717, 1.165) is 42.4 Å². The number of likely N-dealkylation sites (tertiary alicyclic amines) is 1. The van der Waals surface area contributed by atoms with Crippen molar-refractivity contribution < 1.29 is 9.90 Å². The van der Waals surface area contributed by atoms with Gasteiger partial charge in [0, 0.05) is 48.4 Å². The van der Waals surface area contributed by atoms with Gasteiger partial charge in [-0.2, -0.15) is 5.26 Å². The SMILES string of the molecule is N#CCCn1cc(/C=C/C(=O)N2CCC(c3ccc(O)cc3)CC2)c2ccccc21. The summed E-state index contributed by atoms with van der Waals surface area (Å²) in [4.78, 5) is 14.6. The van der Waals surface area contributed by atoms with Crippen LogP contribution in [-0.2, 0) is 11.3 Å².